The number of piperidine rings is 1. The van der Waals surface area contributed by atoms with Crippen LogP contribution in [0.5, 0.6) is 5.75 Å². The van der Waals surface area contributed by atoms with Gasteiger partial charge in [0, 0.05) is 19.0 Å². The first-order chi connectivity index (χ1) is 12.1. The molecule has 0 aromatic heterocycles. The van der Waals surface area contributed by atoms with Gasteiger partial charge in [-0.3, -0.25) is 4.79 Å². The van der Waals surface area contributed by atoms with Gasteiger partial charge in [-0.05, 0) is 30.5 Å². The lowest BCUT2D eigenvalue weighted by Crippen LogP contribution is -2.42. The zero-order chi connectivity index (χ0) is 17.6. The lowest BCUT2D eigenvalue weighted by Gasteiger charge is -2.32. The zero-order valence-electron chi connectivity index (χ0n) is 14.0. The second-order valence-corrected chi connectivity index (χ2v) is 6.45. The molecule has 3 rings (SSSR count). The highest BCUT2D eigenvalue weighted by molar-refractivity contribution is 5.78. The molecular weight excluding hydrogens is 328 g/mol. The Morgan fingerprint density at radius 2 is 2.08 bits per heavy atom. The summed E-state index contributed by atoms with van der Waals surface area (Å²) in [6.07, 6.45) is 2.21. The third-order valence-electron chi connectivity index (χ3n) is 4.40. The van der Waals surface area contributed by atoms with Crippen LogP contribution >= 0.6 is 0 Å². The van der Waals surface area contributed by atoms with E-state index in [2.05, 4.69) is 4.84 Å². The summed E-state index contributed by atoms with van der Waals surface area (Å²) in [5.74, 6) is 0.816. The molecule has 2 aliphatic heterocycles. The van der Waals surface area contributed by atoms with Crippen molar-refractivity contribution in [2.45, 2.75) is 25.4 Å². The summed E-state index contributed by atoms with van der Waals surface area (Å²) in [4.78, 5) is 29.0. The van der Waals surface area contributed by atoms with Crippen molar-refractivity contribution in [3.8, 4) is 5.75 Å². The monoisotopic (exact) mass is 350 g/mol. The van der Waals surface area contributed by atoms with Crippen LogP contribution in [-0.4, -0.2) is 54.9 Å². The van der Waals surface area contributed by atoms with Gasteiger partial charge in [-0.25, -0.2) is 0 Å². The van der Waals surface area contributed by atoms with E-state index in [9.17, 15) is 14.9 Å². The van der Waals surface area contributed by atoms with Gasteiger partial charge in [-0.1, -0.05) is 12.1 Å². The van der Waals surface area contributed by atoms with E-state index < -0.39 is 5.09 Å². The molecule has 2 aliphatic rings. The van der Waals surface area contributed by atoms with Crippen molar-refractivity contribution in [1.29, 1.82) is 0 Å². The van der Waals surface area contributed by atoms with Crippen molar-refractivity contribution >= 4 is 5.91 Å². The molecule has 1 aromatic carbocycles. The van der Waals surface area contributed by atoms with E-state index in [4.69, 9.17) is 9.47 Å². The molecule has 8 nitrogen and oxygen atoms in total. The minimum absolute atomic E-state index is 0.0171. The van der Waals surface area contributed by atoms with Crippen molar-refractivity contribution in [3.63, 3.8) is 0 Å². The smallest absolute Gasteiger partial charge is 0.294 e. The van der Waals surface area contributed by atoms with Crippen molar-refractivity contribution < 1.29 is 24.2 Å². The van der Waals surface area contributed by atoms with E-state index in [0.29, 0.717) is 26.1 Å². The molecule has 8 heteroatoms. The lowest BCUT2D eigenvalue weighted by molar-refractivity contribution is -0.759. The number of carbonyl (C=O) groups is 1. The summed E-state index contributed by atoms with van der Waals surface area (Å²) in [6, 6.07) is 7.49. The maximum atomic E-state index is 12.5. The van der Waals surface area contributed by atoms with Crippen molar-refractivity contribution in [2.24, 2.45) is 5.92 Å². The minimum Gasteiger partial charge on any atom is -0.491 e. The summed E-state index contributed by atoms with van der Waals surface area (Å²) in [5.41, 5.74) is 0.920. The molecule has 0 N–H and O–H groups in total. The fourth-order valence-corrected chi connectivity index (χ4v) is 2.94. The van der Waals surface area contributed by atoms with Crippen LogP contribution in [0, 0.1) is 16.0 Å². The molecule has 136 valence electrons. The molecule has 1 aromatic rings. The number of likely N-dealkylation sites (tertiary alicyclic amines) is 1. The number of hydrogen-bond acceptors (Lipinski definition) is 6. The van der Waals surface area contributed by atoms with Crippen LogP contribution in [0.2, 0.25) is 0 Å². The van der Waals surface area contributed by atoms with Crippen LogP contribution in [0.15, 0.2) is 24.3 Å². The molecule has 2 unspecified atom stereocenters. The average molecular weight is 350 g/mol. The Labute approximate surface area is 145 Å². The number of benzene rings is 1. The van der Waals surface area contributed by atoms with Crippen LogP contribution in [0.1, 0.15) is 18.4 Å². The largest absolute Gasteiger partial charge is 0.491 e. The topological polar surface area (TPSA) is 94.4 Å². The molecule has 0 saturated carbocycles. The first-order valence-electron chi connectivity index (χ1n) is 8.48. The van der Waals surface area contributed by atoms with Gasteiger partial charge in [-0.2, -0.15) is 0 Å². The van der Waals surface area contributed by atoms with Gasteiger partial charge in [0.1, 0.15) is 25.1 Å². The Bertz CT molecular complexity index is 602. The van der Waals surface area contributed by atoms with Crippen LogP contribution in [-0.2, 0) is 20.8 Å². The predicted molar refractivity (Wildman–Crippen MR) is 87.6 cm³/mol. The third-order valence-corrected chi connectivity index (χ3v) is 4.40. The molecule has 2 fully saturated rings. The zero-order valence-corrected chi connectivity index (χ0v) is 14.0. The van der Waals surface area contributed by atoms with Gasteiger partial charge in [-0.15, -0.1) is 10.1 Å². The van der Waals surface area contributed by atoms with Gasteiger partial charge in [0.05, 0.1) is 13.0 Å². The molecule has 2 atom stereocenters. The Morgan fingerprint density at radius 3 is 2.76 bits per heavy atom. The predicted octanol–water partition coefficient (Wildman–Crippen LogP) is 1.45. The van der Waals surface area contributed by atoms with Crippen LogP contribution in [0.25, 0.3) is 0 Å². The number of nitrogens with zero attached hydrogens (tertiary/aromatic N) is 2. The number of carbonyl (C=O) groups excluding carboxylic acids is 1. The Balaban J connectivity index is 1.46. The number of ether oxygens (including phenoxy) is 2. The van der Waals surface area contributed by atoms with Gasteiger partial charge in [0.2, 0.25) is 5.91 Å². The highest BCUT2D eigenvalue weighted by Gasteiger charge is 2.25. The first-order valence-corrected chi connectivity index (χ1v) is 8.48. The second kappa shape index (κ2) is 8.15. The average Bonchev–Trinajstić information content (AvgIpc) is 3.44. The third kappa shape index (κ3) is 5.60. The second-order valence-electron chi connectivity index (χ2n) is 6.45. The molecule has 0 aliphatic carbocycles. The van der Waals surface area contributed by atoms with E-state index in [1.807, 2.05) is 24.3 Å². The van der Waals surface area contributed by atoms with Gasteiger partial charge < -0.3 is 19.2 Å². The summed E-state index contributed by atoms with van der Waals surface area (Å²) >= 11 is 0. The van der Waals surface area contributed by atoms with Gasteiger partial charge in [0.15, 0.2) is 0 Å². The van der Waals surface area contributed by atoms with Crippen molar-refractivity contribution in [1.82, 2.24) is 4.90 Å². The number of rotatable bonds is 8. The maximum Gasteiger partial charge on any atom is 0.294 e. The standard InChI is InChI=1S/C17H22N2O6/c20-17(18-7-1-2-14(9-18)10-25-19(21)22)8-13-3-5-15(6-4-13)23-11-16-12-24-16/h3-6,14,16H,1-2,7-12H2. The number of epoxide rings is 1. The summed E-state index contributed by atoms with van der Waals surface area (Å²) in [7, 11) is 0. The fraction of sp³-hybridized carbons (Fsp3) is 0.588. The van der Waals surface area contributed by atoms with Crippen molar-refractivity contribution in [3.05, 3.63) is 39.9 Å². The number of hydrogen-bond donors (Lipinski definition) is 0. The number of amides is 1. The molecule has 0 bridgehead atoms. The van der Waals surface area contributed by atoms with Crippen molar-refractivity contribution in [2.75, 3.05) is 32.9 Å². The molecule has 1 amide bonds. The highest BCUT2D eigenvalue weighted by Crippen LogP contribution is 2.19. The summed E-state index contributed by atoms with van der Waals surface area (Å²) in [5, 5.41) is 9.52. The molecule has 0 spiro atoms. The Morgan fingerprint density at radius 1 is 1.32 bits per heavy atom. The lowest BCUT2D eigenvalue weighted by atomic mass is 9.98. The van der Waals surface area contributed by atoms with E-state index in [1.165, 1.54) is 0 Å². The first kappa shape index (κ1) is 17.5. The highest BCUT2D eigenvalue weighted by atomic mass is 16.9. The SMILES string of the molecule is O=C(Cc1ccc(OCC2CO2)cc1)N1CCCC(CO[N+](=O)[O-])C1. The molecule has 2 saturated heterocycles. The van der Waals surface area contributed by atoms with E-state index in [0.717, 1.165) is 30.8 Å². The molecular formula is C17H22N2O6. The summed E-state index contributed by atoms with van der Waals surface area (Å²) < 4.78 is 10.7. The molecule has 0 radical (unpaired) electrons. The molecule has 25 heavy (non-hydrogen) atoms. The quantitative estimate of drug-likeness (QED) is 0.400. The van der Waals surface area contributed by atoms with E-state index >= 15 is 0 Å². The van der Waals surface area contributed by atoms with Gasteiger partial charge in [0.25, 0.3) is 5.09 Å². The molecule has 2 heterocycles. The Kier molecular flexibility index (Phi) is 5.70. The van der Waals surface area contributed by atoms with Crippen LogP contribution in [0.4, 0.5) is 0 Å². The Hall–Kier alpha value is -2.35. The fourth-order valence-electron chi connectivity index (χ4n) is 2.94. The maximum absolute atomic E-state index is 12.5. The summed E-state index contributed by atoms with van der Waals surface area (Å²) in [6.45, 7) is 2.56. The van der Waals surface area contributed by atoms with Crippen LogP contribution < -0.4 is 4.74 Å². The van der Waals surface area contributed by atoms with E-state index in [1.54, 1.807) is 4.90 Å². The normalized spacial score (nSPS) is 22.3. The van der Waals surface area contributed by atoms with E-state index in [-0.39, 0.29) is 24.5 Å². The minimum atomic E-state index is -0.778. The van der Waals surface area contributed by atoms with Gasteiger partial charge >= 0.3 is 0 Å². The van der Waals surface area contributed by atoms with Crippen LogP contribution in [0.3, 0.4) is 0 Å².